The fraction of sp³-hybridized carbons (Fsp3) is 0.619. The predicted molar refractivity (Wildman–Crippen MR) is 106 cm³/mol. The van der Waals surface area contributed by atoms with Crippen LogP contribution in [0.2, 0.25) is 0 Å². The third-order valence-corrected chi connectivity index (χ3v) is 5.72. The van der Waals surface area contributed by atoms with Crippen LogP contribution in [0.25, 0.3) is 0 Å². The lowest BCUT2D eigenvalue weighted by Gasteiger charge is -2.41. The van der Waals surface area contributed by atoms with Gasteiger partial charge in [0.2, 0.25) is 5.91 Å². The number of rotatable bonds is 8. The zero-order valence-corrected chi connectivity index (χ0v) is 16.3. The summed E-state index contributed by atoms with van der Waals surface area (Å²) < 4.78 is 13.2. The molecule has 0 radical (unpaired) electrons. The number of aliphatic imine (C=N–C) groups is 1. The molecule has 1 amide bonds. The van der Waals surface area contributed by atoms with Crippen LogP contribution in [0.4, 0.5) is 4.39 Å². The number of carbonyl (C=O) groups is 1. The second-order valence-electron chi connectivity index (χ2n) is 7.60. The number of carbonyl (C=O) groups excluding carboxylic acids is 1. The van der Waals surface area contributed by atoms with Crippen LogP contribution in [0, 0.1) is 5.82 Å². The molecule has 2 N–H and O–H groups in total. The van der Waals surface area contributed by atoms with Gasteiger partial charge in [-0.05, 0) is 50.3 Å². The van der Waals surface area contributed by atoms with Crippen molar-refractivity contribution in [3.8, 4) is 0 Å². The second-order valence-corrected chi connectivity index (χ2v) is 7.60. The van der Waals surface area contributed by atoms with E-state index in [1.165, 1.54) is 12.0 Å². The number of nitrogens with zero attached hydrogens (tertiary/aromatic N) is 2. The molecular formula is C21H31FN4O. The van der Waals surface area contributed by atoms with Crippen molar-refractivity contribution in [3.63, 3.8) is 0 Å². The number of likely N-dealkylation sites (tertiary alicyclic amines) is 1. The Morgan fingerprint density at radius 2 is 2.00 bits per heavy atom. The van der Waals surface area contributed by atoms with E-state index in [1.807, 2.05) is 17.0 Å². The number of halogens is 1. The number of amides is 1. The third-order valence-electron chi connectivity index (χ3n) is 5.72. The summed E-state index contributed by atoms with van der Waals surface area (Å²) in [4.78, 5) is 18.4. The molecule has 0 spiro atoms. The first kappa shape index (κ1) is 19.6. The van der Waals surface area contributed by atoms with Gasteiger partial charge in [-0.25, -0.2) is 4.39 Å². The molecule has 1 saturated carbocycles. The summed E-state index contributed by atoms with van der Waals surface area (Å²) in [5, 5.41) is 6.68. The van der Waals surface area contributed by atoms with E-state index in [-0.39, 0.29) is 17.1 Å². The molecule has 0 atom stereocenters. The summed E-state index contributed by atoms with van der Waals surface area (Å²) in [6.07, 6.45) is 5.99. The van der Waals surface area contributed by atoms with E-state index in [9.17, 15) is 9.18 Å². The quantitative estimate of drug-likeness (QED) is 0.418. The first-order valence-electron chi connectivity index (χ1n) is 10.2. The van der Waals surface area contributed by atoms with Gasteiger partial charge in [0, 0.05) is 38.0 Å². The molecule has 5 nitrogen and oxygen atoms in total. The molecule has 1 saturated heterocycles. The highest BCUT2D eigenvalue weighted by atomic mass is 19.1. The van der Waals surface area contributed by atoms with Crippen LogP contribution in [0.5, 0.6) is 0 Å². The summed E-state index contributed by atoms with van der Waals surface area (Å²) in [7, 11) is 0. The average molecular weight is 375 g/mol. The Morgan fingerprint density at radius 3 is 2.59 bits per heavy atom. The maximum atomic E-state index is 13.2. The summed E-state index contributed by atoms with van der Waals surface area (Å²) in [6, 6.07) is 6.89. The lowest BCUT2D eigenvalue weighted by molar-refractivity contribution is -0.127. The number of nitrogens with one attached hydrogen (secondary N) is 2. The topological polar surface area (TPSA) is 56.7 Å². The monoisotopic (exact) mass is 374 g/mol. The fourth-order valence-electron chi connectivity index (χ4n) is 3.93. The van der Waals surface area contributed by atoms with Crippen LogP contribution in [0.1, 0.15) is 51.0 Å². The molecule has 1 aromatic carbocycles. The molecule has 1 aliphatic heterocycles. The van der Waals surface area contributed by atoms with Crippen LogP contribution < -0.4 is 10.6 Å². The summed E-state index contributed by atoms with van der Waals surface area (Å²) in [5.41, 5.74) is 1.22. The highest BCUT2D eigenvalue weighted by Crippen LogP contribution is 2.44. The van der Waals surface area contributed by atoms with E-state index >= 15 is 0 Å². The smallest absolute Gasteiger partial charge is 0.222 e. The Bertz CT molecular complexity index is 655. The zero-order valence-electron chi connectivity index (χ0n) is 16.3. The highest BCUT2D eigenvalue weighted by molar-refractivity contribution is 5.80. The van der Waals surface area contributed by atoms with E-state index < -0.39 is 0 Å². The van der Waals surface area contributed by atoms with E-state index in [4.69, 9.17) is 4.99 Å². The molecule has 1 aliphatic carbocycles. The van der Waals surface area contributed by atoms with Crippen molar-refractivity contribution in [2.75, 3.05) is 32.7 Å². The van der Waals surface area contributed by atoms with Gasteiger partial charge in [0.1, 0.15) is 5.82 Å². The number of guanidine groups is 1. The number of hydrogen-bond donors (Lipinski definition) is 2. The van der Waals surface area contributed by atoms with Crippen LogP contribution in [0.15, 0.2) is 29.3 Å². The van der Waals surface area contributed by atoms with Gasteiger partial charge in [0.05, 0.1) is 6.54 Å². The molecular weight excluding hydrogens is 343 g/mol. The molecule has 0 aromatic heterocycles. The molecule has 148 valence electrons. The average Bonchev–Trinajstić information content (AvgIpc) is 3.04. The minimum atomic E-state index is -0.191. The van der Waals surface area contributed by atoms with Crippen LogP contribution in [-0.2, 0) is 10.2 Å². The minimum Gasteiger partial charge on any atom is -0.357 e. The maximum absolute atomic E-state index is 13.2. The Balaban J connectivity index is 1.52. The normalized spacial score (nSPS) is 19.1. The molecule has 27 heavy (non-hydrogen) atoms. The van der Waals surface area contributed by atoms with E-state index in [1.54, 1.807) is 12.1 Å². The summed E-state index contributed by atoms with van der Waals surface area (Å²) in [6.45, 7) is 6.06. The van der Waals surface area contributed by atoms with Crippen molar-refractivity contribution in [1.29, 1.82) is 0 Å². The van der Waals surface area contributed by atoms with Crippen molar-refractivity contribution in [2.45, 2.75) is 50.9 Å². The standard InChI is InChI=1S/C21H31FN4O/c1-2-23-20(24-13-5-15-26-14-3-6-19(26)27)25-16-21(11-4-12-21)17-7-9-18(22)10-8-17/h7-10H,2-6,11-16H2,1H3,(H2,23,24,25). The number of benzene rings is 1. The van der Waals surface area contributed by atoms with Gasteiger partial charge in [-0.15, -0.1) is 0 Å². The maximum Gasteiger partial charge on any atom is 0.222 e. The number of hydrogen-bond acceptors (Lipinski definition) is 2. The fourth-order valence-corrected chi connectivity index (χ4v) is 3.93. The first-order chi connectivity index (χ1) is 13.1. The van der Waals surface area contributed by atoms with Crippen molar-refractivity contribution >= 4 is 11.9 Å². The SMILES string of the molecule is CCNC(=NCC1(c2ccc(F)cc2)CCC1)NCCCN1CCCC1=O. The van der Waals surface area contributed by atoms with E-state index in [0.717, 1.165) is 57.8 Å². The molecule has 1 aromatic rings. The van der Waals surface area contributed by atoms with E-state index in [2.05, 4.69) is 17.6 Å². The van der Waals surface area contributed by atoms with Crippen molar-refractivity contribution in [3.05, 3.63) is 35.6 Å². The van der Waals surface area contributed by atoms with Gasteiger partial charge in [0.15, 0.2) is 5.96 Å². The lowest BCUT2D eigenvalue weighted by Crippen LogP contribution is -2.42. The summed E-state index contributed by atoms with van der Waals surface area (Å²) in [5.74, 6) is 0.906. The second kappa shape index (κ2) is 9.20. The Kier molecular flexibility index (Phi) is 6.69. The first-order valence-corrected chi connectivity index (χ1v) is 10.2. The van der Waals surface area contributed by atoms with Crippen molar-refractivity contribution < 1.29 is 9.18 Å². The van der Waals surface area contributed by atoms with Gasteiger partial charge in [-0.3, -0.25) is 9.79 Å². The Labute approximate surface area is 161 Å². The zero-order chi connectivity index (χ0) is 19.1. The van der Waals surface area contributed by atoms with Crippen LogP contribution in [0.3, 0.4) is 0 Å². The molecule has 1 heterocycles. The third kappa shape index (κ3) is 4.99. The molecule has 0 bridgehead atoms. The van der Waals surface area contributed by atoms with E-state index in [0.29, 0.717) is 13.0 Å². The van der Waals surface area contributed by atoms with Gasteiger partial charge in [-0.2, -0.15) is 0 Å². The predicted octanol–water partition coefficient (Wildman–Crippen LogP) is 2.82. The molecule has 0 unspecified atom stereocenters. The van der Waals surface area contributed by atoms with Gasteiger partial charge >= 0.3 is 0 Å². The Morgan fingerprint density at radius 1 is 1.22 bits per heavy atom. The molecule has 2 aliphatic rings. The van der Waals surface area contributed by atoms with Crippen LogP contribution in [-0.4, -0.2) is 49.5 Å². The Hall–Kier alpha value is -2.11. The van der Waals surface area contributed by atoms with Gasteiger partial charge < -0.3 is 15.5 Å². The molecule has 6 heteroatoms. The van der Waals surface area contributed by atoms with Gasteiger partial charge in [-0.1, -0.05) is 18.6 Å². The summed E-state index contributed by atoms with van der Waals surface area (Å²) >= 11 is 0. The van der Waals surface area contributed by atoms with Crippen LogP contribution >= 0.6 is 0 Å². The highest BCUT2D eigenvalue weighted by Gasteiger charge is 2.38. The molecule has 3 rings (SSSR count). The van der Waals surface area contributed by atoms with Crippen molar-refractivity contribution in [1.82, 2.24) is 15.5 Å². The minimum absolute atomic E-state index is 0.0397. The molecule has 2 fully saturated rings. The largest absolute Gasteiger partial charge is 0.357 e. The van der Waals surface area contributed by atoms with Crippen molar-refractivity contribution in [2.24, 2.45) is 4.99 Å². The lowest BCUT2D eigenvalue weighted by atomic mass is 9.64. The van der Waals surface area contributed by atoms with Gasteiger partial charge in [0.25, 0.3) is 0 Å².